The summed E-state index contributed by atoms with van der Waals surface area (Å²) >= 11 is 0. The summed E-state index contributed by atoms with van der Waals surface area (Å²) in [6.45, 7) is 21.4. The monoisotopic (exact) mass is 456 g/mol. The fourth-order valence-electron chi connectivity index (χ4n) is 8.84. The Morgan fingerprint density at radius 1 is 1.15 bits per heavy atom. The minimum atomic E-state index is -0.201. The number of fused-ring (bicyclic) bond motifs is 1. The minimum absolute atomic E-state index is 0.151. The Labute approximate surface area is 204 Å². The van der Waals surface area contributed by atoms with Gasteiger partial charge in [0.1, 0.15) is 12.1 Å². The first kappa shape index (κ1) is 26.7. The lowest BCUT2D eigenvalue weighted by Crippen LogP contribution is -2.60. The lowest BCUT2D eigenvalue weighted by atomic mass is 9.38. The van der Waals surface area contributed by atoms with Gasteiger partial charge in [0.15, 0.2) is 0 Å². The number of Topliss-reactive ketones (excluding diaryl/α,β-unsaturated/α-hetero) is 1. The van der Waals surface area contributed by atoms with Crippen LogP contribution in [0.4, 0.5) is 0 Å². The molecule has 3 aliphatic carbocycles. The van der Waals surface area contributed by atoms with Crippen molar-refractivity contribution in [3.05, 3.63) is 11.6 Å². The summed E-state index contributed by atoms with van der Waals surface area (Å²) in [5, 5.41) is 0. The maximum atomic E-state index is 12.9. The third-order valence-electron chi connectivity index (χ3n) is 11.8. The van der Waals surface area contributed by atoms with Gasteiger partial charge in [-0.15, -0.1) is 0 Å². The second kappa shape index (κ2) is 8.94. The largest absolute Gasteiger partial charge is 0.303 e. The molecule has 0 spiro atoms. The highest BCUT2D eigenvalue weighted by molar-refractivity contribution is 5.85. The van der Waals surface area contributed by atoms with Crippen LogP contribution in [0, 0.1) is 44.8 Å². The van der Waals surface area contributed by atoms with E-state index in [4.69, 9.17) is 0 Å². The Hall–Kier alpha value is -0.920. The first-order valence-electron chi connectivity index (χ1n) is 13.9. The van der Waals surface area contributed by atoms with Crippen molar-refractivity contribution >= 4 is 12.1 Å². The molecule has 0 aliphatic heterocycles. The van der Waals surface area contributed by atoms with Crippen LogP contribution < -0.4 is 0 Å². The van der Waals surface area contributed by atoms with E-state index in [1.807, 2.05) is 0 Å². The van der Waals surface area contributed by atoms with E-state index in [0.29, 0.717) is 23.5 Å². The van der Waals surface area contributed by atoms with Gasteiger partial charge in [-0.25, -0.2) is 0 Å². The Bertz CT molecular complexity index is 789. The molecule has 2 fully saturated rings. The van der Waals surface area contributed by atoms with E-state index >= 15 is 0 Å². The van der Waals surface area contributed by atoms with E-state index in [0.717, 1.165) is 44.9 Å². The molecule has 0 bridgehead atoms. The predicted molar refractivity (Wildman–Crippen MR) is 139 cm³/mol. The van der Waals surface area contributed by atoms with Crippen molar-refractivity contribution in [3.8, 4) is 0 Å². The molecule has 188 valence electrons. The number of rotatable bonds is 7. The van der Waals surface area contributed by atoms with Gasteiger partial charge in [-0.05, 0) is 92.3 Å². The third-order valence-corrected chi connectivity index (χ3v) is 11.8. The summed E-state index contributed by atoms with van der Waals surface area (Å²) in [4.78, 5) is 25.3. The van der Waals surface area contributed by atoms with Crippen molar-refractivity contribution in [3.63, 3.8) is 0 Å². The van der Waals surface area contributed by atoms with Gasteiger partial charge in [-0.3, -0.25) is 4.79 Å². The van der Waals surface area contributed by atoms with Crippen molar-refractivity contribution in [2.75, 3.05) is 0 Å². The Kier molecular flexibility index (Phi) is 7.23. The average molecular weight is 457 g/mol. The van der Waals surface area contributed by atoms with Crippen LogP contribution in [-0.2, 0) is 9.59 Å². The highest BCUT2D eigenvalue weighted by Gasteiger charge is 2.63. The number of aldehydes is 1. The number of carbonyl (C=O) groups excluding carboxylic acids is 2. The first-order chi connectivity index (χ1) is 15.2. The second-order valence-electron chi connectivity index (χ2n) is 14.1. The molecule has 2 saturated carbocycles. The Morgan fingerprint density at radius 3 is 2.39 bits per heavy atom. The highest BCUT2D eigenvalue weighted by atomic mass is 16.1. The lowest BCUT2D eigenvalue weighted by Gasteiger charge is -2.66. The SMILES string of the molecule is CCC[C@@H]1[C@@]2(C)CCC(=O)C(C)(C)[C@@H]2CC[C@@]1(C)C(C)(C)CC[C@@]1(C=O)CC=C(C)C[C@@H]1C. The van der Waals surface area contributed by atoms with Crippen molar-refractivity contribution < 1.29 is 9.59 Å². The molecule has 0 aromatic heterocycles. The molecule has 0 heterocycles. The van der Waals surface area contributed by atoms with Crippen LogP contribution in [0.2, 0.25) is 0 Å². The molecule has 0 aromatic rings. The number of ketones is 1. The van der Waals surface area contributed by atoms with Gasteiger partial charge in [0, 0.05) is 17.3 Å². The lowest BCUT2D eigenvalue weighted by molar-refractivity contribution is -0.178. The molecular formula is C31H52O2. The molecule has 3 aliphatic rings. The Balaban J connectivity index is 1.91. The molecule has 3 rings (SSSR count). The van der Waals surface area contributed by atoms with E-state index in [1.165, 1.54) is 31.1 Å². The number of carbonyl (C=O) groups is 2. The van der Waals surface area contributed by atoms with Crippen LogP contribution in [0.15, 0.2) is 11.6 Å². The van der Waals surface area contributed by atoms with E-state index in [2.05, 4.69) is 68.4 Å². The zero-order chi connectivity index (χ0) is 24.9. The number of hydrogen-bond donors (Lipinski definition) is 0. The zero-order valence-electron chi connectivity index (χ0n) is 23.3. The van der Waals surface area contributed by atoms with Crippen molar-refractivity contribution in [2.24, 2.45) is 44.8 Å². The van der Waals surface area contributed by atoms with Crippen LogP contribution in [0.5, 0.6) is 0 Å². The van der Waals surface area contributed by atoms with Crippen molar-refractivity contribution in [1.82, 2.24) is 0 Å². The molecule has 0 aromatic carbocycles. The summed E-state index contributed by atoms with van der Waals surface area (Å²) < 4.78 is 0. The van der Waals surface area contributed by atoms with E-state index in [-0.39, 0.29) is 27.1 Å². The summed E-state index contributed by atoms with van der Waals surface area (Å²) in [7, 11) is 0. The summed E-state index contributed by atoms with van der Waals surface area (Å²) in [6.07, 6.45) is 14.3. The maximum Gasteiger partial charge on any atom is 0.138 e. The topological polar surface area (TPSA) is 34.1 Å². The standard InChI is InChI=1S/C31H52O2/c1-10-11-25-29(8)15-14-26(33)28(6,7)24(29)13-16-30(25,9)27(4,5)18-19-31(21-32)17-12-22(2)20-23(31)3/h12,21,23-25H,10-11,13-20H2,1-9H3/t23-,24-,25+,29-,30+,31+/m0/s1. The summed E-state index contributed by atoms with van der Waals surface area (Å²) in [5.41, 5.74) is 1.63. The third kappa shape index (κ3) is 4.20. The van der Waals surface area contributed by atoms with Gasteiger partial charge in [-0.1, -0.05) is 73.5 Å². The molecule has 0 amide bonds. The van der Waals surface area contributed by atoms with E-state index < -0.39 is 0 Å². The van der Waals surface area contributed by atoms with Crippen molar-refractivity contribution in [1.29, 1.82) is 0 Å². The summed E-state index contributed by atoms with van der Waals surface area (Å²) in [6, 6.07) is 0. The maximum absolute atomic E-state index is 12.9. The quantitative estimate of drug-likeness (QED) is 0.284. The molecule has 0 unspecified atom stereocenters. The van der Waals surface area contributed by atoms with E-state index in [9.17, 15) is 9.59 Å². The van der Waals surface area contributed by atoms with Gasteiger partial charge >= 0.3 is 0 Å². The molecule has 0 radical (unpaired) electrons. The Morgan fingerprint density at radius 2 is 1.82 bits per heavy atom. The molecule has 6 atom stereocenters. The minimum Gasteiger partial charge on any atom is -0.303 e. The fourth-order valence-corrected chi connectivity index (χ4v) is 8.84. The molecule has 0 saturated heterocycles. The van der Waals surface area contributed by atoms with Crippen molar-refractivity contribution in [2.45, 2.75) is 127 Å². The number of hydrogen-bond acceptors (Lipinski definition) is 2. The van der Waals surface area contributed by atoms with Crippen LogP contribution in [0.3, 0.4) is 0 Å². The van der Waals surface area contributed by atoms with Crippen LogP contribution in [0.25, 0.3) is 0 Å². The number of allylic oxidation sites excluding steroid dienone is 2. The van der Waals surface area contributed by atoms with Gasteiger partial charge in [0.2, 0.25) is 0 Å². The van der Waals surface area contributed by atoms with Gasteiger partial charge in [-0.2, -0.15) is 0 Å². The normalized spacial score (nSPS) is 41.3. The second-order valence-corrected chi connectivity index (χ2v) is 14.1. The molecule has 2 heteroatoms. The molecule has 33 heavy (non-hydrogen) atoms. The van der Waals surface area contributed by atoms with Crippen LogP contribution in [-0.4, -0.2) is 12.1 Å². The van der Waals surface area contributed by atoms with Gasteiger partial charge < -0.3 is 4.79 Å². The van der Waals surface area contributed by atoms with Gasteiger partial charge in [0.25, 0.3) is 0 Å². The molecule has 0 N–H and O–H groups in total. The molecular weight excluding hydrogens is 404 g/mol. The zero-order valence-corrected chi connectivity index (χ0v) is 23.3. The van der Waals surface area contributed by atoms with Gasteiger partial charge in [0.05, 0.1) is 0 Å². The fraction of sp³-hybridized carbons (Fsp3) is 0.871. The van der Waals surface area contributed by atoms with Crippen LogP contribution >= 0.6 is 0 Å². The first-order valence-corrected chi connectivity index (χ1v) is 13.9. The molecule has 2 nitrogen and oxygen atoms in total. The summed E-state index contributed by atoms with van der Waals surface area (Å²) in [5.74, 6) is 2.01. The predicted octanol–water partition coefficient (Wildman–Crippen LogP) is 8.58. The van der Waals surface area contributed by atoms with E-state index in [1.54, 1.807) is 0 Å². The smallest absolute Gasteiger partial charge is 0.138 e. The highest BCUT2D eigenvalue weighted by Crippen LogP contribution is 2.69. The van der Waals surface area contributed by atoms with Crippen LogP contribution in [0.1, 0.15) is 127 Å². The average Bonchev–Trinajstić information content (AvgIpc) is 2.73.